The average Bonchev–Trinajstić information content (AvgIpc) is 2.84. The van der Waals surface area contributed by atoms with Crippen molar-refractivity contribution in [3.8, 4) is 0 Å². The van der Waals surface area contributed by atoms with Gasteiger partial charge in [0.25, 0.3) is 0 Å². The molecular weight excluding hydrogens is 516 g/mol. The number of nitrogens with zero attached hydrogens (tertiary/aromatic N) is 1. The first-order valence-electron chi connectivity index (χ1n) is 11.8. The molecule has 0 spiro atoms. The van der Waals surface area contributed by atoms with Crippen molar-refractivity contribution in [3.05, 3.63) is 35.9 Å². The third-order valence-electron chi connectivity index (χ3n) is 5.25. The molecule has 0 bridgehead atoms. The summed E-state index contributed by atoms with van der Waals surface area (Å²) in [6.45, 7) is 0.232. The van der Waals surface area contributed by atoms with Crippen molar-refractivity contribution in [1.29, 1.82) is 0 Å². The molecule has 16 heteroatoms. The van der Waals surface area contributed by atoms with E-state index in [0.29, 0.717) is 12.0 Å². The molecule has 4 atom stereocenters. The Bertz CT molecular complexity index is 1060. The molecule has 1 aromatic rings. The maximum absolute atomic E-state index is 13.2. The molecule has 39 heavy (non-hydrogen) atoms. The van der Waals surface area contributed by atoms with Gasteiger partial charge in [0.1, 0.15) is 18.1 Å². The molecule has 0 saturated heterocycles. The molecule has 4 unspecified atom stereocenters. The number of carboxylic acid groups (broad SMARTS) is 2. The van der Waals surface area contributed by atoms with E-state index < -0.39 is 72.6 Å². The van der Waals surface area contributed by atoms with Gasteiger partial charge in [0.05, 0.1) is 18.9 Å². The van der Waals surface area contributed by atoms with Crippen LogP contribution in [0.5, 0.6) is 0 Å². The number of rotatable bonds is 17. The van der Waals surface area contributed by atoms with Gasteiger partial charge in [0.15, 0.2) is 5.96 Å². The molecule has 4 amide bonds. The number of amides is 4. The van der Waals surface area contributed by atoms with Gasteiger partial charge in [0.2, 0.25) is 23.6 Å². The lowest BCUT2D eigenvalue weighted by Gasteiger charge is -2.24. The van der Waals surface area contributed by atoms with Crippen LogP contribution in [0.2, 0.25) is 0 Å². The summed E-state index contributed by atoms with van der Waals surface area (Å²) >= 11 is 0. The SMILES string of the molecule is NC(=O)CC(NC(=O)C(CC(=O)O)NC(=O)C(Cc1ccccc1)NC(=O)C(N)CCCN=C(N)N)C(=O)O. The van der Waals surface area contributed by atoms with E-state index in [2.05, 4.69) is 15.6 Å². The van der Waals surface area contributed by atoms with E-state index in [4.69, 9.17) is 22.9 Å². The van der Waals surface area contributed by atoms with Crippen LogP contribution in [0.4, 0.5) is 0 Å². The normalized spacial score (nSPS) is 13.6. The van der Waals surface area contributed by atoms with E-state index >= 15 is 0 Å². The molecule has 0 aliphatic carbocycles. The van der Waals surface area contributed by atoms with E-state index in [9.17, 15) is 39.0 Å². The zero-order valence-corrected chi connectivity index (χ0v) is 21.0. The number of benzene rings is 1. The summed E-state index contributed by atoms with van der Waals surface area (Å²) < 4.78 is 0. The van der Waals surface area contributed by atoms with Gasteiger partial charge in [-0.05, 0) is 18.4 Å². The summed E-state index contributed by atoms with van der Waals surface area (Å²) in [6.07, 6.45) is -1.17. The Morgan fingerprint density at radius 3 is 1.90 bits per heavy atom. The fourth-order valence-electron chi connectivity index (χ4n) is 3.32. The highest BCUT2D eigenvalue weighted by Crippen LogP contribution is 2.07. The van der Waals surface area contributed by atoms with Crippen LogP contribution in [0.1, 0.15) is 31.2 Å². The largest absolute Gasteiger partial charge is 0.481 e. The first kappa shape index (κ1) is 32.3. The lowest BCUT2D eigenvalue weighted by Crippen LogP contribution is -2.58. The summed E-state index contributed by atoms with van der Waals surface area (Å²) in [6, 6.07) is 2.70. The van der Waals surface area contributed by atoms with E-state index in [-0.39, 0.29) is 25.3 Å². The quantitative estimate of drug-likeness (QED) is 0.0520. The fraction of sp³-hybridized carbons (Fsp3) is 0.435. The van der Waals surface area contributed by atoms with Gasteiger partial charge in [-0.15, -0.1) is 0 Å². The minimum atomic E-state index is -1.75. The molecule has 16 nitrogen and oxygen atoms in total. The van der Waals surface area contributed by atoms with Gasteiger partial charge >= 0.3 is 11.9 Å². The number of hydrogen-bond acceptors (Lipinski definition) is 8. The Kier molecular flexibility index (Phi) is 13.4. The molecule has 1 rings (SSSR count). The van der Waals surface area contributed by atoms with E-state index in [1.807, 2.05) is 5.32 Å². The first-order valence-corrected chi connectivity index (χ1v) is 11.8. The highest BCUT2D eigenvalue weighted by atomic mass is 16.4. The molecule has 0 fully saturated rings. The summed E-state index contributed by atoms with van der Waals surface area (Å²) in [7, 11) is 0. The maximum Gasteiger partial charge on any atom is 0.326 e. The van der Waals surface area contributed by atoms with Crippen molar-refractivity contribution >= 4 is 41.5 Å². The average molecular weight is 551 g/mol. The van der Waals surface area contributed by atoms with Crippen molar-refractivity contribution in [3.63, 3.8) is 0 Å². The number of aliphatic imine (C=N–C) groups is 1. The second kappa shape index (κ2) is 16.2. The molecule has 13 N–H and O–H groups in total. The molecular formula is C23H34N8O8. The molecule has 0 heterocycles. The summed E-state index contributed by atoms with van der Waals surface area (Å²) in [5, 5.41) is 25.2. The summed E-state index contributed by atoms with van der Waals surface area (Å²) in [5.41, 5.74) is 22.1. The second-order valence-electron chi connectivity index (χ2n) is 8.54. The lowest BCUT2D eigenvalue weighted by molar-refractivity contribution is -0.144. The number of carbonyl (C=O) groups is 6. The van der Waals surface area contributed by atoms with Crippen LogP contribution in [-0.2, 0) is 35.2 Å². The zero-order chi connectivity index (χ0) is 29.5. The number of nitrogens with one attached hydrogen (secondary N) is 3. The molecule has 214 valence electrons. The third kappa shape index (κ3) is 12.9. The standard InChI is InChI=1S/C23H34N8O8/c24-13(7-4-8-28-23(26)27)19(35)29-14(9-12-5-2-1-3-6-12)20(36)30-15(11-18(33)34)21(37)31-16(22(38)39)10-17(25)32/h1-3,5-6,13-16H,4,7-11,24H2,(H2,25,32)(H,29,35)(H,30,36)(H,31,37)(H,33,34)(H,38,39)(H4,26,27,28). The first-order chi connectivity index (χ1) is 18.3. The molecule has 0 aliphatic heterocycles. The maximum atomic E-state index is 13.2. The third-order valence-corrected chi connectivity index (χ3v) is 5.25. The number of aliphatic carboxylic acids is 2. The number of carbonyl (C=O) groups excluding carboxylic acids is 4. The van der Waals surface area contributed by atoms with Gasteiger partial charge in [-0.2, -0.15) is 0 Å². The van der Waals surface area contributed by atoms with Crippen LogP contribution in [0, 0.1) is 0 Å². The Hall–Kier alpha value is -4.73. The fourth-order valence-corrected chi connectivity index (χ4v) is 3.32. The van der Waals surface area contributed by atoms with Gasteiger partial charge in [-0.3, -0.25) is 29.0 Å². The van der Waals surface area contributed by atoms with Crippen LogP contribution in [-0.4, -0.2) is 82.5 Å². The highest BCUT2D eigenvalue weighted by molar-refractivity contribution is 5.96. The molecule has 0 aromatic heterocycles. The van der Waals surface area contributed by atoms with E-state index in [0.717, 1.165) is 0 Å². The molecule has 0 aliphatic rings. The van der Waals surface area contributed by atoms with E-state index in [1.54, 1.807) is 30.3 Å². The van der Waals surface area contributed by atoms with Crippen LogP contribution in [0.3, 0.4) is 0 Å². The summed E-state index contributed by atoms with van der Waals surface area (Å²) in [5.74, 6) is -7.01. The van der Waals surface area contributed by atoms with Gasteiger partial charge < -0.3 is 49.1 Å². The van der Waals surface area contributed by atoms with Gasteiger partial charge in [-0.1, -0.05) is 30.3 Å². The number of primary amides is 1. The molecule has 0 saturated carbocycles. The van der Waals surface area contributed by atoms with Crippen molar-refractivity contribution in [1.82, 2.24) is 16.0 Å². The minimum Gasteiger partial charge on any atom is -0.481 e. The van der Waals surface area contributed by atoms with Crippen molar-refractivity contribution in [2.45, 2.75) is 56.3 Å². The van der Waals surface area contributed by atoms with Crippen LogP contribution in [0.25, 0.3) is 0 Å². The number of guanidine groups is 1. The molecule has 0 radical (unpaired) electrons. The zero-order valence-electron chi connectivity index (χ0n) is 21.0. The number of hydrogen-bond donors (Lipinski definition) is 9. The number of carboxylic acids is 2. The van der Waals surface area contributed by atoms with E-state index in [1.165, 1.54) is 0 Å². The Morgan fingerprint density at radius 1 is 0.795 bits per heavy atom. The Balaban J connectivity index is 3.07. The monoisotopic (exact) mass is 550 g/mol. The number of nitrogens with two attached hydrogens (primary N) is 4. The molecule has 1 aromatic carbocycles. The second-order valence-corrected chi connectivity index (χ2v) is 8.54. The van der Waals surface area contributed by atoms with Crippen LogP contribution >= 0.6 is 0 Å². The Labute approximate surface area is 223 Å². The topological polar surface area (TPSA) is 295 Å². The predicted molar refractivity (Wildman–Crippen MR) is 138 cm³/mol. The lowest BCUT2D eigenvalue weighted by atomic mass is 10.0. The highest BCUT2D eigenvalue weighted by Gasteiger charge is 2.32. The smallest absolute Gasteiger partial charge is 0.326 e. The summed E-state index contributed by atoms with van der Waals surface area (Å²) in [4.78, 5) is 76.2. The van der Waals surface area contributed by atoms with Crippen molar-refractivity contribution in [2.24, 2.45) is 27.9 Å². The van der Waals surface area contributed by atoms with Crippen molar-refractivity contribution in [2.75, 3.05) is 6.54 Å². The van der Waals surface area contributed by atoms with Gasteiger partial charge in [0, 0.05) is 13.0 Å². The van der Waals surface area contributed by atoms with Crippen LogP contribution < -0.4 is 38.9 Å². The predicted octanol–water partition coefficient (Wildman–Crippen LogP) is -3.50. The Morgan fingerprint density at radius 2 is 1.36 bits per heavy atom. The van der Waals surface area contributed by atoms with Crippen LogP contribution in [0.15, 0.2) is 35.3 Å². The minimum absolute atomic E-state index is 0.0417. The van der Waals surface area contributed by atoms with Gasteiger partial charge in [-0.25, -0.2) is 4.79 Å². The van der Waals surface area contributed by atoms with Crippen molar-refractivity contribution < 1.29 is 39.0 Å².